The van der Waals surface area contributed by atoms with Crippen molar-refractivity contribution in [3.63, 3.8) is 0 Å². The summed E-state index contributed by atoms with van der Waals surface area (Å²) >= 11 is 0. The highest BCUT2D eigenvalue weighted by Crippen LogP contribution is 2.31. The summed E-state index contributed by atoms with van der Waals surface area (Å²) in [7, 11) is 0. The van der Waals surface area contributed by atoms with E-state index in [1.807, 2.05) is 18.2 Å². The zero-order valence-electron chi connectivity index (χ0n) is 10.2. The van der Waals surface area contributed by atoms with E-state index in [0.717, 1.165) is 17.9 Å². The van der Waals surface area contributed by atoms with Crippen LogP contribution in [0.1, 0.15) is 38.2 Å². The van der Waals surface area contributed by atoms with E-state index in [1.54, 1.807) is 0 Å². The summed E-state index contributed by atoms with van der Waals surface area (Å²) in [5.41, 5.74) is 7.88. The zero-order valence-corrected chi connectivity index (χ0v) is 10.2. The van der Waals surface area contributed by atoms with E-state index in [-0.39, 0.29) is 0 Å². The van der Waals surface area contributed by atoms with Crippen molar-refractivity contribution < 1.29 is 4.74 Å². The lowest BCUT2D eigenvalue weighted by Crippen LogP contribution is -2.28. The Hall–Kier alpha value is -1.18. The number of anilines is 1. The molecule has 88 valence electrons. The SMILES string of the molecule is Cc1ccc(N)c(OC2CCCCC2C)c1. The summed E-state index contributed by atoms with van der Waals surface area (Å²) in [6, 6.07) is 5.99. The Bertz CT molecular complexity index is 362. The van der Waals surface area contributed by atoms with Crippen molar-refractivity contribution in [1.29, 1.82) is 0 Å². The minimum atomic E-state index is 0.345. The van der Waals surface area contributed by atoms with Gasteiger partial charge in [0.1, 0.15) is 11.9 Å². The normalized spacial score (nSPS) is 25.4. The highest BCUT2D eigenvalue weighted by Gasteiger charge is 2.23. The fourth-order valence-corrected chi connectivity index (χ4v) is 2.36. The maximum atomic E-state index is 6.05. The molecule has 2 heteroatoms. The minimum Gasteiger partial charge on any atom is -0.488 e. The minimum absolute atomic E-state index is 0.345. The van der Waals surface area contributed by atoms with E-state index in [9.17, 15) is 0 Å². The first-order chi connectivity index (χ1) is 7.66. The average molecular weight is 219 g/mol. The second kappa shape index (κ2) is 4.77. The molecule has 1 fully saturated rings. The molecule has 1 aliphatic carbocycles. The van der Waals surface area contributed by atoms with Crippen LogP contribution in [0.2, 0.25) is 0 Å². The Labute approximate surface area is 97.8 Å². The molecule has 2 N–H and O–H groups in total. The van der Waals surface area contributed by atoms with Crippen molar-refractivity contribution in [3.8, 4) is 5.75 Å². The molecule has 0 amide bonds. The molecule has 0 saturated heterocycles. The number of rotatable bonds is 2. The molecular formula is C14H21NO. The fourth-order valence-electron chi connectivity index (χ4n) is 2.36. The molecule has 0 spiro atoms. The van der Waals surface area contributed by atoms with Crippen LogP contribution in [-0.2, 0) is 0 Å². The van der Waals surface area contributed by atoms with Crippen molar-refractivity contribution >= 4 is 5.69 Å². The van der Waals surface area contributed by atoms with Crippen molar-refractivity contribution in [3.05, 3.63) is 23.8 Å². The first-order valence-electron chi connectivity index (χ1n) is 6.19. The van der Waals surface area contributed by atoms with Crippen LogP contribution >= 0.6 is 0 Å². The summed E-state index contributed by atoms with van der Waals surface area (Å²) in [6.45, 7) is 4.34. The molecule has 2 atom stereocenters. The number of nitrogen functional groups attached to an aromatic ring is 1. The van der Waals surface area contributed by atoms with E-state index >= 15 is 0 Å². The van der Waals surface area contributed by atoms with Crippen LogP contribution in [0, 0.1) is 12.8 Å². The van der Waals surface area contributed by atoms with Gasteiger partial charge in [-0.05, 0) is 49.8 Å². The van der Waals surface area contributed by atoms with Gasteiger partial charge in [0.25, 0.3) is 0 Å². The van der Waals surface area contributed by atoms with Crippen molar-refractivity contribution in [2.75, 3.05) is 5.73 Å². The predicted molar refractivity (Wildman–Crippen MR) is 67.6 cm³/mol. The topological polar surface area (TPSA) is 35.2 Å². The van der Waals surface area contributed by atoms with Gasteiger partial charge < -0.3 is 10.5 Å². The lowest BCUT2D eigenvalue weighted by atomic mass is 9.88. The van der Waals surface area contributed by atoms with Crippen LogP contribution < -0.4 is 10.5 Å². The maximum Gasteiger partial charge on any atom is 0.142 e. The maximum absolute atomic E-state index is 6.05. The summed E-state index contributed by atoms with van der Waals surface area (Å²) in [5.74, 6) is 1.51. The summed E-state index contributed by atoms with van der Waals surface area (Å²) < 4.78 is 6.05. The van der Waals surface area contributed by atoms with Crippen molar-refractivity contribution in [2.24, 2.45) is 5.92 Å². The highest BCUT2D eigenvalue weighted by molar-refractivity contribution is 5.53. The highest BCUT2D eigenvalue weighted by atomic mass is 16.5. The number of hydrogen-bond donors (Lipinski definition) is 1. The first-order valence-corrected chi connectivity index (χ1v) is 6.19. The van der Waals surface area contributed by atoms with Crippen LogP contribution in [0.3, 0.4) is 0 Å². The molecule has 0 heterocycles. The van der Waals surface area contributed by atoms with E-state index in [2.05, 4.69) is 13.8 Å². The van der Waals surface area contributed by atoms with Gasteiger partial charge in [0.15, 0.2) is 0 Å². The molecule has 1 aromatic carbocycles. The predicted octanol–water partition coefficient (Wildman–Crippen LogP) is 3.53. The quantitative estimate of drug-likeness (QED) is 0.772. The van der Waals surface area contributed by atoms with Crippen molar-refractivity contribution in [2.45, 2.75) is 45.6 Å². The third-order valence-corrected chi connectivity index (χ3v) is 3.48. The third-order valence-electron chi connectivity index (χ3n) is 3.48. The van der Waals surface area contributed by atoms with E-state index in [0.29, 0.717) is 12.0 Å². The van der Waals surface area contributed by atoms with E-state index < -0.39 is 0 Å². The number of aryl methyl sites for hydroxylation is 1. The molecule has 2 rings (SSSR count). The Morgan fingerprint density at radius 2 is 2.00 bits per heavy atom. The standard InChI is InChI=1S/C14H21NO/c1-10-7-8-12(15)14(9-10)16-13-6-4-3-5-11(13)2/h7-9,11,13H,3-6,15H2,1-2H3. The van der Waals surface area contributed by atoms with Crippen LogP contribution in [0.4, 0.5) is 5.69 Å². The molecule has 0 radical (unpaired) electrons. The van der Waals surface area contributed by atoms with Crippen LogP contribution in [0.15, 0.2) is 18.2 Å². The van der Waals surface area contributed by atoms with Gasteiger partial charge in [-0.1, -0.05) is 19.4 Å². The van der Waals surface area contributed by atoms with Gasteiger partial charge in [0, 0.05) is 0 Å². The van der Waals surface area contributed by atoms with E-state index in [1.165, 1.54) is 24.8 Å². The van der Waals surface area contributed by atoms with E-state index in [4.69, 9.17) is 10.5 Å². The summed E-state index contributed by atoms with van der Waals surface area (Å²) in [5, 5.41) is 0. The van der Waals surface area contributed by atoms with Crippen LogP contribution in [-0.4, -0.2) is 6.10 Å². The fraction of sp³-hybridized carbons (Fsp3) is 0.571. The van der Waals surface area contributed by atoms with Gasteiger partial charge in [-0.3, -0.25) is 0 Å². The van der Waals surface area contributed by atoms with Gasteiger partial charge >= 0.3 is 0 Å². The first kappa shape index (κ1) is 11.3. The Morgan fingerprint density at radius 1 is 1.25 bits per heavy atom. The second-order valence-corrected chi connectivity index (χ2v) is 4.96. The lowest BCUT2D eigenvalue weighted by molar-refractivity contribution is 0.103. The molecule has 0 aliphatic heterocycles. The molecule has 1 saturated carbocycles. The zero-order chi connectivity index (χ0) is 11.5. The number of benzene rings is 1. The van der Waals surface area contributed by atoms with Gasteiger partial charge in [-0.15, -0.1) is 0 Å². The Morgan fingerprint density at radius 3 is 2.75 bits per heavy atom. The number of hydrogen-bond acceptors (Lipinski definition) is 2. The summed E-state index contributed by atoms with van der Waals surface area (Å²) in [4.78, 5) is 0. The molecule has 0 bridgehead atoms. The smallest absolute Gasteiger partial charge is 0.142 e. The second-order valence-electron chi connectivity index (χ2n) is 4.96. The average Bonchev–Trinajstić information content (AvgIpc) is 2.27. The summed E-state index contributed by atoms with van der Waals surface area (Å²) in [6.07, 6.45) is 5.40. The molecular weight excluding hydrogens is 198 g/mol. The van der Waals surface area contributed by atoms with Crippen molar-refractivity contribution in [1.82, 2.24) is 0 Å². The van der Waals surface area contributed by atoms with Crippen LogP contribution in [0.25, 0.3) is 0 Å². The van der Waals surface area contributed by atoms with Crippen LogP contribution in [0.5, 0.6) is 5.75 Å². The molecule has 1 aromatic rings. The lowest BCUT2D eigenvalue weighted by Gasteiger charge is -2.29. The van der Waals surface area contributed by atoms with Gasteiger partial charge in [-0.2, -0.15) is 0 Å². The Balaban J connectivity index is 2.10. The molecule has 2 unspecified atom stereocenters. The van der Waals surface area contributed by atoms with Gasteiger partial charge in [-0.25, -0.2) is 0 Å². The van der Waals surface area contributed by atoms with Gasteiger partial charge in [0.2, 0.25) is 0 Å². The largest absolute Gasteiger partial charge is 0.488 e. The number of nitrogens with two attached hydrogens (primary N) is 1. The molecule has 16 heavy (non-hydrogen) atoms. The Kier molecular flexibility index (Phi) is 3.37. The molecule has 2 nitrogen and oxygen atoms in total. The van der Waals surface area contributed by atoms with Gasteiger partial charge in [0.05, 0.1) is 5.69 Å². The molecule has 1 aliphatic rings. The number of ether oxygens (including phenoxy) is 1. The molecule has 0 aromatic heterocycles. The third kappa shape index (κ3) is 2.49. The monoisotopic (exact) mass is 219 g/mol.